The molecule has 0 fully saturated rings. The van der Waals surface area contributed by atoms with Gasteiger partial charge in [0.05, 0.1) is 32.9 Å². The van der Waals surface area contributed by atoms with Gasteiger partial charge >= 0.3 is 0 Å². The van der Waals surface area contributed by atoms with Gasteiger partial charge in [-0.15, -0.1) is 0 Å². The first-order valence-electron chi connectivity index (χ1n) is 5.71. The number of benzene rings is 1. The lowest BCUT2D eigenvalue weighted by Gasteiger charge is -2.06. The van der Waals surface area contributed by atoms with E-state index < -0.39 is 0 Å². The van der Waals surface area contributed by atoms with Crippen LogP contribution in [0.2, 0.25) is 0 Å². The van der Waals surface area contributed by atoms with Gasteiger partial charge in [0.15, 0.2) is 0 Å². The fraction of sp³-hybridized carbons (Fsp3) is 0.500. The Morgan fingerprint density at radius 3 is 2.53 bits per heavy atom. The summed E-state index contributed by atoms with van der Waals surface area (Å²) < 4.78 is 11.9. The molecule has 0 radical (unpaired) electrons. The van der Waals surface area contributed by atoms with Gasteiger partial charge in [-0.3, -0.25) is 0 Å². The average Bonchev–Trinajstić information content (AvgIpc) is 2.35. The van der Waals surface area contributed by atoms with Crippen LogP contribution >= 0.6 is 15.9 Å². The Morgan fingerprint density at radius 1 is 1.06 bits per heavy atom. The predicted molar refractivity (Wildman–Crippen MR) is 69.2 cm³/mol. The number of hydrogen-bond donors (Lipinski definition) is 2. The number of aliphatic hydroxyl groups is 1. The zero-order valence-electron chi connectivity index (χ0n) is 9.77. The molecule has 0 aromatic heterocycles. The van der Waals surface area contributed by atoms with Crippen LogP contribution in [0.4, 0.5) is 0 Å². The van der Waals surface area contributed by atoms with Crippen LogP contribution in [-0.2, 0) is 4.74 Å². The van der Waals surface area contributed by atoms with Gasteiger partial charge in [0, 0.05) is 4.47 Å². The lowest BCUT2D eigenvalue weighted by Crippen LogP contribution is -2.86. The van der Waals surface area contributed by atoms with Crippen LogP contribution in [0.15, 0.2) is 28.7 Å². The maximum atomic E-state index is 8.56. The first kappa shape index (κ1) is 14.4. The van der Waals surface area contributed by atoms with Crippen molar-refractivity contribution in [1.29, 1.82) is 0 Å². The molecule has 4 nitrogen and oxygen atoms in total. The van der Waals surface area contributed by atoms with E-state index in [2.05, 4.69) is 15.9 Å². The van der Waals surface area contributed by atoms with Gasteiger partial charge in [-0.1, -0.05) is 15.9 Å². The Morgan fingerprint density at radius 2 is 1.82 bits per heavy atom. The quantitative estimate of drug-likeness (QED) is 0.649. The third-order valence-electron chi connectivity index (χ3n) is 2.11. The molecule has 0 aliphatic heterocycles. The Balaban J connectivity index is 1.95. The van der Waals surface area contributed by atoms with E-state index >= 15 is 0 Å². The van der Waals surface area contributed by atoms with E-state index in [1.807, 2.05) is 29.6 Å². The molecular formula is C12H19BrNO3+. The van der Waals surface area contributed by atoms with Crippen LogP contribution in [0, 0.1) is 0 Å². The van der Waals surface area contributed by atoms with Crippen molar-refractivity contribution >= 4 is 15.9 Å². The zero-order chi connectivity index (χ0) is 12.3. The van der Waals surface area contributed by atoms with Crippen LogP contribution in [0.1, 0.15) is 0 Å². The smallest absolute Gasteiger partial charge is 0.119 e. The second-order valence-corrected chi connectivity index (χ2v) is 4.42. The summed E-state index contributed by atoms with van der Waals surface area (Å²) in [6, 6.07) is 7.72. The molecule has 0 atom stereocenters. The highest BCUT2D eigenvalue weighted by atomic mass is 79.9. The normalized spacial score (nSPS) is 10.5. The molecule has 0 spiro atoms. The van der Waals surface area contributed by atoms with Crippen molar-refractivity contribution in [3.63, 3.8) is 0 Å². The second kappa shape index (κ2) is 9.41. The minimum absolute atomic E-state index is 0.215. The molecule has 0 aliphatic carbocycles. The fourth-order valence-corrected chi connectivity index (χ4v) is 1.52. The van der Waals surface area contributed by atoms with Gasteiger partial charge in [0.1, 0.15) is 12.4 Å². The highest BCUT2D eigenvalue weighted by molar-refractivity contribution is 9.10. The second-order valence-electron chi connectivity index (χ2n) is 3.50. The monoisotopic (exact) mass is 304 g/mol. The van der Waals surface area contributed by atoms with Crippen LogP contribution in [-0.4, -0.2) is 44.6 Å². The van der Waals surface area contributed by atoms with Gasteiger partial charge in [-0.2, -0.15) is 0 Å². The molecule has 0 unspecified atom stereocenters. The maximum Gasteiger partial charge on any atom is 0.119 e. The SMILES string of the molecule is OCC[NH2+]CCOCCOc1ccc(Br)cc1. The summed E-state index contributed by atoms with van der Waals surface area (Å²) in [5.74, 6) is 0.851. The summed E-state index contributed by atoms with van der Waals surface area (Å²) in [5, 5.41) is 10.6. The van der Waals surface area contributed by atoms with E-state index in [0.29, 0.717) is 19.8 Å². The molecule has 1 aromatic carbocycles. The molecule has 3 N–H and O–H groups in total. The van der Waals surface area contributed by atoms with E-state index in [9.17, 15) is 0 Å². The number of rotatable bonds is 9. The number of hydrogen-bond acceptors (Lipinski definition) is 3. The number of ether oxygens (including phenoxy) is 2. The van der Waals surface area contributed by atoms with E-state index in [1.165, 1.54) is 0 Å². The van der Waals surface area contributed by atoms with Crippen molar-refractivity contribution in [2.24, 2.45) is 0 Å². The molecule has 1 aromatic rings. The lowest BCUT2D eigenvalue weighted by molar-refractivity contribution is -0.657. The summed E-state index contributed by atoms with van der Waals surface area (Å²) in [5.41, 5.74) is 0. The van der Waals surface area contributed by atoms with Crippen molar-refractivity contribution < 1.29 is 19.9 Å². The van der Waals surface area contributed by atoms with Gasteiger partial charge < -0.3 is 19.9 Å². The van der Waals surface area contributed by atoms with Crippen molar-refractivity contribution in [2.45, 2.75) is 0 Å². The van der Waals surface area contributed by atoms with Crippen LogP contribution in [0.25, 0.3) is 0 Å². The van der Waals surface area contributed by atoms with Crippen molar-refractivity contribution in [3.8, 4) is 5.75 Å². The number of aliphatic hydroxyl groups excluding tert-OH is 1. The third kappa shape index (κ3) is 7.33. The largest absolute Gasteiger partial charge is 0.491 e. The summed E-state index contributed by atoms with van der Waals surface area (Å²) in [7, 11) is 0. The first-order valence-corrected chi connectivity index (χ1v) is 6.51. The molecule has 0 aliphatic rings. The zero-order valence-corrected chi connectivity index (χ0v) is 11.4. The number of halogens is 1. The Labute approximate surface area is 110 Å². The van der Waals surface area contributed by atoms with E-state index in [-0.39, 0.29) is 6.61 Å². The molecule has 5 heteroatoms. The standard InChI is InChI=1S/C12H18BrNO3/c13-11-1-3-12(4-2-11)17-10-9-16-8-6-14-5-7-15/h1-4,14-15H,5-10H2/p+1. The topological polar surface area (TPSA) is 55.3 Å². The predicted octanol–water partition coefficient (Wildman–Crippen LogP) is 0.400. The molecule has 0 saturated carbocycles. The van der Waals surface area contributed by atoms with Crippen LogP contribution < -0.4 is 10.1 Å². The molecule has 0 amide bonds. The summed E-state index contributed by atoms with van der Waals surface area (Å²) >= 11 is 3.37. The van der Waals surface area contributed by atoms with Crippen molar-refractivity contribution in [2.75, 3.05) is 39.5 Å². The van der Waals surface area contributed by atoms with E-state index in [4.69, 9.17) is 14.6 Å². The average molecular weight is 305 g/mol. The molecule has 17 heavy (non-hydrogen) atoms. The van der Waals surface area contributed by atoms with Crippen LogP contribution in [0.5, 0.6) is 5.75 Å². The summed E-state index contributed by atoms with van der Waals surface area (Å²) in [6.07, 6.45) is 0. The molecule has 96 valence electrons. The lowest BCUT2D eigenvalue weighted by atomic mass is 10.3. The van der Waals surface area contributed by atoms with Crippen LogP contribution in [0.3, 0.4) is 0 Å². The minimum Gasteiger partial charge on any atom is -0.491 e. The fourth-order valence-electron chi connectivity index (χ4n) is 1.25. The Hall–Kier alpha value is -0.620. The third-order valence-corrected chi connectivity index (χ3v) is 2.64. The Kier molecular flexibility index (Phi) is 8.00. The number of nitrogens with two attached hydrogens (primary N) is 1. The van der Waals surface area contributed by atoms with Gasteiger partial charge in [0.25, 0.3) is 0 Å². The number of quaternary nitrogens is 1. The summed E-state index contributed by atoms with van der Waals surface area (Å²) in [6.45, 7) is 3.65. The molecule has 0 bridgehead atoms. The summed E-state index contributed by atoms with van der Waals surface area (Å²) in [4.78, 5) is 0. The van der Waals surface area contributed by atoms with Crippen molar-refractivity contribution in [3.05, 3.63) is 28.7 Å². The first-order chi connectivity index (χ1) is 8.33. The molecule has 0 saturated heterocycles. The Bertz CT molecular complexity index is 292. The van der Waals surface area contributed by atoms with Gasteiger partial charge in [-0.25, -0.2) is 0 Å². The molecule has 0 heterocycles. The van der Waals surface area contributed by atoms with Gasteiger partial charge in [-0.05, 0) is 24.3 Å². The highest BCUT2D eigenvalue weighted by Crippen LogP contribution is 2.15. The molecule has 1 rings (SSSR count). The maximum absolute atomic E-state index is 8.56. The van der Waals surface area contributed by atoms with Crippen molar-refractivity contribution in [1.82, 2.24) is 0 Å². The van der Waals surface area contributed by atoms with E-state index in [1.54, 1.807) is 0 Å². The minimum atomic E-state index is 0.215. The molecular weight excluding hydrogens is 286 g/mol. The highest BCUT2D eigenvalue weighted by Gasteiger charge is 1.94. The van der Waals surface area contributed by atoms with E-state index in [0.717, 1.165) is 23.3 Å². The van der Waals surface area contributed by atoms with Gasteiger partial charge in [0.2, 0.25) is 0 Å².